The van der Waals surface area contributed by atoms with Gasteiger partial charge in [0, 0.05) is 6.54 Å². The number of imidazole rings is 1. The lowest BCUT2D eigenvalue weighted by atomic mass is 9.85. The average molecular weight is 262 g/mol. The summed E-state index contributed by atoms with van der Waals surface area (Å²) < 4.78 is 3.08. The van der Waals surface area contributed by atoms with E-state index in [4.69, 9.17) is 12.2 Å². The second-order valence-electron chi connectivity index (χ2n) is 5.71. The van der Waals surface area contributed by atoms with Gasteiger partial charge >= 0.3 is 0 Å². The van der Waals surface area contributed by atoms with Crippen molar-refractivity contribution in [2.75, 3.05) is 0 Å². The van der Waals surface area contributed by atoms with Crippen LogP contribution < -0.4 is 0 Å². The predicted molar refractivity (Wildman–Crippen MR) is 80.3 cm³/mol. The van der Waals surface area contributed by atoms with Crippen molar-refractivity contribution in [2.45, 2.75) is 34.2 Å². The highest BCUT2D eigenvalue weighted by molar-refractivity contribution is 7.71. The molecule has 0 aliphatic rings. The Morgan fingerprint density at radius 3 is 2.33 bits per heavy atom. The molecule has 0 bridgehead atoms. The third-order valence-electron chi connectivity index (χ3n) is 3.79. The van der Waals surface area contributed by atoms with E-state index in [1.54, 1.807) is 0 Å². The number of hydrogen-bond acceptors (Lipinski definition) is 1. The minimum atomic E-state index is 0.649. The van der Waals surface area contributed by atoms with Crippen molar-refractivity contribution in [3.8, 4) is 0 Å². The van der Waals surface area contributed by atoms with Gasteiger partial charge in [-0.15, -0.1) is 0 Å². The molecule has 0 saturated carbocycles. The lowest BCUT2D eigenvalue weighted by Gasteiger charge is -2.25. The summed E-state index contributed by atoms with van der Waals surface area (Å²) in [5.74, 6) is 1.98. The Balaban J connectivity index is 2.42. The molecule has 0 radical (unpaired) electrons. The highest BCUT2D eigenvalue weighted by Gasteiger charge is 2.19. The molecular formula is C15H22N2S. The predicted octanol–water partition coefficient (Wildman–Crippen LogP) is 4.63. The van der Waals surface area contributed by atoms with Crippen molar-refractivity contribution in [1.29, 1.82) is 0 Å². The van der Waals surface area contributed by atoms with Gasteiger partial charge in [0.1, 0.15) is 0 Å². The molecule has 0 aliphatic carbocycles. The molecule has 0 saturated heterocycles. The van der Waals surface area contributed by atoms with Crippen LogP contribution in [0.15, 0.2) is 24.3 Å². The van der Waals surface area contributed by atoms with Gasteiger partial charge in [0.25, 0.3) is 0 Å². The molecule has 0 atom stereocenters. The van der Waals surface area contributed by atoms with Gasteiger partial charge in [0.2, 0.25) is 0 Å². The molecule has 0 fully saturated rings. The van der Waals surface area contributed by atoms with Crippen molar-refractivity contribution >= 4 is 23.3 Å². The number of nitrogens with zero attached hydrogens (tertiary/aromatic N) is 1. The first-order chi connectivity index (χ1) is 8.50. The van der Waals surface area contributed by atoms with Crippen molar-refractivity contribution in [3.63, 3.8) is 0 Å². The third kappa shape index (κ3) is 2.51. The van der Waals surface area contributed by atoms with Crippen molar-refractivity contribution in [3.05, 3.63) is 29.0 Å². The molecule has 2 rings (SSSR count). The summed E-state index contributed by atoms with van der Waals surface area (Å²) in [6.45, 7) is 10.2. The molecule has 18 heavy (non-hydrogen) atoms. The standard InChI is InChI=1S/C15H22N2S/c1-10(2)12(11(3)4)9-17-14-8-6-5-7-13(14)16-15(17)18/h5-8,10-12H,9H2,1-4H3,(H,16,18). The monoisotopic (exact) mass is 262 g/mol. The zero-order valence-corrected chi connectivity index (χ0v) is 12.4. The Bertz CT molecular complexity index is 569. The first kappa shape index (κ1) is 13.3. The zero-order valence-electron chi connectivity index (χ0n) is 11.6. The van der Waals surface area contributed by atoms with Crippen LogP contribution in [-0.4, -0.2) is 9.55 Å². The topological polar surface area (TPSA) is 20.7 Å². The van der Waals surface area contributed by atoms with Crippen LogP contribution in [0.25, 0.3) is 11.0 Å². The van der Waals surface area contributed by atoms with Gasteiger partial charge in [0.15, 0.2) is 4.77 Å². The molecule has 1 aromatic heterocycles. The largest absolute Gasteiger partial charge is 0.331 e. The van der Waals surface area contributed by atoms with Crippen LogP contribution in [-0.2, 0) is 6.54 Å². The highest BCUT2D eigenvalue weighted by atomic mass is 32.1. The smallest absolute Gasteiger partial charge is 0.178 e. The Labute approximate surface area is 114 Å². The molecule has 0 aliphatic heterocycles. The number of hydrogen-bond donors (Lipinski definition) is 1. The van der Waals surface area contributed by atoms with Crippen molar-refractivity contribution in [1.82, 2.24) is 9.55 Å². The van der Waals surface area contributed by atoms with Gasteiger partial charge in [-0.2, -0.15) is 0 Å². The summed E-state index contributed by atoms with van der Waals surface area (Å²) in [7, 11) is 0. The Hall–Kier alpha value is -1.09. The van der Waals surface area contributed by atoms with Gasteiger partial charge in [-0.1, -0.05) is 39.8 Å². The fourth-order valence-corrected chi connectivity index (χ4v) is 2.97. The SMILES string of the molecule is CC(C)C(Cn1c(=S)[nH]c2ccccc21)C(C)C. The molecule has 2 aromatic rings. The van der Waals surface area contributed by atoms with E-state index in [-0.39, 0.29) is 0 Å². The molecule has 0 amide bonds. The van der Waals surface area contributed by atoms with Gasteiger partial charge in [-0.05, 0) is 42.1 Å². The summed E-state index contributed by atoms with van der Waals surface area (Å²) >= 11 is 5.45. The maximum atomic E-state index is 5.45. The third-order valence-corrected chi connectivity index (χ3v) is 4.11. The number of rotatable bonds is 4. The first-order valence-corrected chi connectivity index (χ1v) is 7.09. The summed E-state index contributed by atoms with van der Waals surface area (Å²) in [4.78, 5) is 3.29. The molecule has 3 heteroatoms. The number of H-pyrrole nitrogens is 1. The van der Waals surface area contributed by atoms with E-state index < -0.39 is 0 Å². The Morgan fingerprint density at radius 1 is 1.11 bits per heavy atom. The number of aromatic nitrogens is 2. The lowest BCUT2D eigenvalue weighted by Crippen LogP contribution is -2.21. The second kappa shape index (κ2) is 5.27. The van der Waals surface area contributed by atoms with E-state index in [1.165, 1.54) is 5.52 Å². The summed E-state index contributed by atoms with van der Waals surface area (Å²) in [5.41, 5.74) is 2.35. The molecule has 0 spiro atoms. The van der Waals surface area contributed by atoms with E-state index in [0.717, 1.165) is 16.8 Å². The van der Waals surface area contributed by atoms with E-state index >= 15 is 0 Å². The molecular weight excluding hydrogens is 240 g/mol. The van der Waals surface area contributed by atoms with Crippen LogP contribution >= 0.6 is 12.2 Å². The van der Waals surface area contributed by atoms with Crippen LogP contribution in [0.5, 0.6) is 0 Å². The van der Waals surface area contributed by atoms with Gasteiger partial charge in [0.05, 0.1) is 11.0 Å². The zero-order chi connectivity index (χ0) is 13.3. The number of fused-ring (bicyclic) bond motifs is 1. The van der Waals surface area contributed by atoms with Crippen molar-refractivity contribution < 1.29 is 0 Å². The normalized spacial score (nSPS) is 12.2. The number of benzene rings is 1. The van der Waals surface area contributed by atoms with E-state index in [1.807, 2.05) is 6.07 Å². The Morgan fingerprint density at radius 2 is 1.72 bits per heavy atom. The summed E-state index contributed by atoms with van der Waals surface area (Å²) in [6, 6.07) is 8.34. The highest BCUT2D eigenvalue weighted by Crippen LogP contribution is 2.25. The summed E-state index contributed by atoms with van der Waals surface area (Å²) in [5, 5.41) is 0. The number of aromatic amines is 1. The number of nitrogens with one attached hydrogen (secondary N) is 1. The van der Waals surface area contributed by atoms with Crippen LogP contribution in [0.1, 0.15) is 27.7 Å². The quantitative estimate of drug-likeness (QED) is 0.797. The molecule has 1 aromatic carbocycles. The van der Waals surface area contributed by atoms with Gasteiger partial charge < -0.3 is 9.55 Å². The molecule has 98 valence electrons. The minimum absolute atomic E-state index is 0.649. The number of para-hydroxylation sites is 2. The summed E-state index contributed by atoms with van der Waals surface area (Å²) in [6.07, 6.45) is 0. The van der Waals surface area contributed by atoms with Crippen LogP contribution in [0.4, 0.5) is 0 Å². The van der Waals surface area contributed by atoms with E-state index in [2.05, 4.69) is 55.4 Å². The maximum absolute atomic E-state index is 5.45. The van der Waals surface area contributed by atoms with E-state index in [0.29, 0.717) is 17.8 Å². The average Bonchev–Trinajstić information content (AvgIpc) is 2.61. The Kier molecular flexibility index (Phi) is 3.91. The second-order valence-corrected chi connectivity index (χ2v) is 6.10. The molecule has 0 unspecified atom stereocenters. The molecule has 2 nitrogen and oxygen atoms in total. The first-order valence-electron chi connectivity index (χ1n) is 6.68. The molecule has 1 heterocycles. The van der Waals surface area contributed by atoms with E-state index in [9.17, 15) is 0 Å². The van der Waals surface area contributed by atoms with Crippen LogP contribution in [0.2, 0.25) is 0 Å². The van der Waals surface area contributed by atoms with Gasteiger partial charge in [-0.3, -0.25) is 0 Å². The minimum Gasteiger partial charge on any atom is -0.331 e. The van der Waals surface area contributed by atoms with Crippen molar-refractivity contribution in [2.24, 2.45) is 17.8 Å². The lowest BCUT2D eigenvalue weighted by molar-refractivity contribution is 0.253. The van der Waals surface area contributed by atoms with Crippen LogP contribution in [0.3, 0.4) is 0 Å². The van der Waals surface area contributed by atoms with Gasteiger partial charge in [-0.25, -0.2) is 0 Å². The van der Waals surface area contributed by atoms with Crippen LogP contribution in [0, 0.1) is 22.5 Å². The fraction of sp³-hybridized carbons (Fsp3) is 0.533. The molecule has 1 N–H and O–H groups in total. The fourth-order valence-electron chi connectivity index (χ4n) is 2.69. The maximum Gasteiger partial charge on any atom is 0.178 e.